The third kappa shape index (κ3) is 5.46. The topological polar surface area (TPSA) is 85.7 Å². The Balaban J connectivity index is 1.80. The van der Waals surface area contributed by atoms with Gasteiger partial charge in [0.15, 0.2) is 0 Å². The predicted octanol–water partition coefficient (Wildman–Crippen LogP) is 3.95. The lowest BCUT2D eigenvalue weighted by molar-refractivity contribution is -0.159. The SMILES string of the molecule is CS(=O)(CCC(F)(F)F)=NCc1cn2cc(-c3noc(C(F)(F)F)n3)ccc2n1. The quantitative estimate of drug-likeness (QED) is 0.560. The van der Waals surface area contributed by atoms with E-state index in [4.69, 9.17) is 0 Å². The number of hydrogen-bond acceptors (Lipinski definition) is 6. The van der Waals surface area contributed by atoms with Gasteiger partial charge in [-0.25, -0.2) is 9.35 Å². The molecular formula is C15H13F6N5O2S. The van der Waals surface area contributed by atoms with E-state index in [1.54, 1.807) is 0 Å². The van der Waals surface area contributed by atoms with Gasteiger partial charge in [-0.05, 0) is 12.1 Å². The molecule has 0 aliphatic carbocycles. The van der Waals surface area contributed by atoms with Gasteiger partial charge in [0.1, 0.15) is 5.65 Å². The van der Waals surface area contributed by atoms with Crippen molar-refractivity contribution in [3.05, 3.63) is 36.1 Å². The van der Waals surface area contributed by atoms with Crippen LogP contribution < -0.4 is 0 Å². The summed E-state index contributed by atoms with van der Waals surface area (Å²) in [7, 11) is -3.05. The lowest BCUT2D eigenvalue weighted by Crippen LogP contribution is -2.15. The van der Waals surface area contributed by atoms with E-state index in [0.717, 1.165) is 6.26 Å². The third-order valence-electron chi connectivity index (χ3n) is 3.69. The van der Waals surface area contributed by atoms with Gasteiger partial charge < -0.3 is 8.92 Å². The van der Waals surface area contributed by atoms with E-state index >= 15 is 0 Å². The molecule has 0 saturated carbocycles. The summed E-state index contributed by atoms with van der Waals surface area (Å²) in [5.41, 5.74) is 0.950. The fraction of sp³-hybridized carbons (Fsp3) is 0.400. The third-order valence-corrected chi connectivity index (χ3v) is 5.33. The number of alkyl halides is 6. The summed E-state index contributed by atoms with van der Waals surface area (Å²) in [6, 6.07) is 2.91. The van der Waals surface area contributed by atoms with Crippen molar-refractivity contribution in [3.8, 4) is 11.4 Å². The molecule has 29 heavy (non-hydrogen) atoms. The van der Waals surface area contributed by atoms with Crippen molar-refractivity contribution in [2.75, 3.05) is 12.0 Å². The molecule has 0 bridgehead atoms. The van der Waals surface area contributed by atoms with Gasteiger partial charge in [-0.1, -0.05) is 5.16 Å². The number of pyridine rings is 1. The Morgan fingerprint density at radius 1 is 1.14 bits per heavy atom. The molecule has 0 aliphatic heterocycles. The molecule has 7 nitrogen and oxygen atoms in total. The smallest absolute Gasteiger partial charge is 0.329 e. The fourth-order valence-electron chi connectivity index (χ4n) is 2.28. The van der Waals surface area contributed by atoms with E-state index in [0.29, 0.717) is 11.3 Å². The highest BCUT2D eigenvalue weighted by Gasteiger charge is 2.38. The Kier molecular flexibility index (Phi) is 5.32. The van der Waals surface area contributed by atoms with Crippen LogP contribution in [0.3, 0.4) is 0 Å². The van der Waals surface area contributed by atoms with E-state index in [2.05, 4.69) is 24.0 Å². The molecule has 0 aliphatic rings. The van der Waals surface area contributed by atoms with Gasteiger partial charge in [0, 0.05) is 39.7 Å². The van der Waals surface area contributed by atoms with Gasteiger partial charge in [0.25, 0.3) is 0 Å². The highest BCUT2D eigenvalue weighted by molar-refractivity contribution is 7.92. The minimum atomic E-state index is -4.77. The Morgan fingerprint density at radius 3 is 2.48 bits per heavy atom. The van der Waals surface area contributed by atoms with Crippen molar-refractivity contribution in [1.29, 1.82) is 0 Å². The molecule has 3 aromatic rings. The van der Waals surface area contributed by atoms with Gasteiger partial charge in [-0.2, -0.15) is 31.3 Å². The van der Waals surface area contributed by atoms with Gasteiger partial charge >= 0.3 is 18.2 Å². The molecule has 0 N–H and O–H groups in total. The number of aromatic nitrogens is 4. The number of hydrogen-bond donors (Lipinski definition) is 0. The highest BCUT2D eigenvalue weighted by atomic mass is 32.2. The lowest BCUT2D eigenvalue weighted by atomic mass is 10.3. The molecule has 0 aromatic carbocycles. The molecule has 1 unspecified atom stereocenters. The van der Waals surface area contributed by atoms with Crippen LogP contribution in [-0.2, 0) is 22.5 Å². The summed E-state index contributed by atoms with van der Waals surface area (Å²) < 4.78 is 96.1. The summed E-state index contributed by atoms with van der Waals surface area (Å²) in [5.74, 6) is -2.37. The Bertz CT molecular complexity index is 1140. The average molecular weight is 441 g/mol. The van der Waals surface area contributed by atoms with E-state index in [-0.39, 0.29) is 17.9 Å². The number of imidazole rings is 1. The maximum absolute atomic E-state index is 12.6. The summed E-state index contributed by atoms with van der Waals surface area (Å²) in [5, 5.41) is 3.29. The molecule has 3 heterocycles. The van der Waals surface area contributed by atoms with Crippen LogP contribution in [0, 0.1) is 0 Å². The molecule has 0 saturated heterocycles. The minimum absolute atomic E-state index is 0.176. The summed E-state index contributed by atoms with van der Waals surface area (Å²) in [4.78, 5) is 7.47. The summed E-state index contributed by atoms with van der Waals surface area (Å²) in [6.07, 6.45) is -6.38. The van der Waals surface area contributed by atoms with Crippen LogP contribution in [0.4, 0.5) is 26.3 Å². The van der Waals surface area contributed by atoms with Crippen LogP contribution in [0.15, 0.2) is 33.4 Å². The number of fused-ring (bicyclic) bond motifs is 1. The van der Waals surface area contributed by atoms with Crippen LogP contribution >= 0.6 is 0 Å². The predicted molar refractivity (Wildman–Crippen MR) is 89.2 cm³/mol. The summed E-state index contributed by atoms with van der Waals surface area (Å²) >= 11 is 0. The molecule has 158 valence electrons. The molecule has 14 heteroatoms. The first-order valence-corrected chi connectivity index (χ1v) is 10.0. The average Bonchev–Trinajstić information content (AvgIpc) is 3.23. The van der Waals surface area contributed by atoms with Gasteiger partial charge in [0.2, 0.25) is 5.82 Å². The largest absolute Gasteiger partial charge is 0.471 e. The first-order chi connectivity index (χ1) is 13.3. The van der Waals surface area contributed by atoms with Crippen molar-refractivity contribution in [2.45, 2.75) is 25.3 Å². The maximum Gasteiger partial charge on any atom is 0.471 e. The Morgan fingerprint density at radius 2 is 1.86 bits per heavy atom. The lowest BCUT2D eigenvalue weighted by Gasteiger charge is -2.07. The van der Waals surface area contributed by atoms with Crippen LogP contribution in [0.2, 0.25) is 0 Å². The zero-order valence-electron chi connectivity index (χ0n) is 14.7. The van der Waals surface area contributed by atoms with Crippen molar-refractivity contribution in [3.63, 3.8) is 0 Å². The number of halogens is 6. The van der Waals surface area contributed by atoms with E-state index < -0.39 is 40.1 Å². The van der Waals surface area contributed by atoms with Crippen molar-refractivity contribution in [1.82, 2.24) is 19.5 Å². The maximum atomic E-state index is 12.6. The second-order valence-corrected chi connectivity index (χ2v) is 8.74. The van der Waals surface area contributed by atoms with Crippen LogP contribution in [-0.4, -0.2) is 41.9 Å². The highest BCUT2D eigenvalue weighted by Crippen LogP contribution is 2.29. The fourth-order valence-corrected chi connectivity index (χ4v) is 3.43. The van der Waals surface area contributed by atoms with Crippen LogP contribution in [0.1, 0.15) is 18.0 Å². The standard InChI is InChI=1S/C15H13F6N5O2S/c1-29(27,5-4-14(16,17)18)22-6-10-8-26-7-9(2-3-11(26)23-10)12-24-13(28-25-12)15(19,20)21/h2-3,7-8H,4-6H2,1H3. The number of nitrogens with zero attached hydrogens (tertiary/aromatic N) is 5. The Hall–Kier alpha value is -2.64. The molecule has 0 fully saturated rings. The molecule has 0 spiro atoms. The molecule has 1 atom stereocenters. The second-order valence-electron chi connectivity index (χ2n) is 6.15. The van der Waals surface area contributed by atoms with Crippen molar-refractivity contribution in [2.24, 2.45) is 4.36 Å². The molecule has 3 aromatic heterocycles. The normalized spacial score (nSPS) is 14.9. The summed E-state index contributed by atoms with van der Waals surface area (Å²) in [6.45, 7) is -0.176. The van der Waals surface area contributed by atoms with Crippen LogP contribution in [0.25, 0.3) is 17.0 Å². The first-order valence-electron chi connectivity index (χ1n) is 7.94. The zero-order chi connectivity index (χ0) is 21.4. The van der Waals surface area contributed by atoms with Gasteiger partial charge in [-0.3, -0.25) is 4.21 Å². The molecule has 0 radical (unpaired) electrons. The van der Waals surface area contributed by atoms with E-state index in [1.807, 2.05) is 0 Å². The van der Waals surface area contributed by atoms with Gasteiger partial charge in [0.05, 0.1) is 18.7 Å². The zero-order valence-corrected chi connectivity index (χ0v) is 15.5. The monoisotopic (exact) mass is 441 g/mol. The molecule has 0 amide bonds. The molecular weight excluding hydrogens is 428 g/mol. The molecule has 3 rings (SSSR count). The first kappa shape index (κ1) is 21.1. The van der Waals surface area contributed by atoms with Gasteiger partial charge in [-0.15, -0.1) is 0 Å². The minimum Gasteiger partial charge on any atom is -0.329 e. The van der Waals surface area contributed by atoms with Crippen molar-refractivity contribution >= 4 is 15.4 Å². The second kappa shape index (κ2) is 7.31. The van der Waals surface area contributed by atoms with E-state index in [9.17, 15) is 30.6 Å². The number of rotatable bonds is 5. The van der Waals surface area contributed by atoms with Crippen molar-refractivity contribution < 1.29 is 35.1 Å². The Labute approximate surface area is 159 Å². The van der Waals surface area contributed by atoms with E-state index in [1.165, 1.54) is 28.9 Å². The van der Waals surface area contributed by atoms with Crippen LogP contribution in [0.5, 0.6) is 0 Å².